The Labute approximate surface area is 131 Å². The molecular weight excluding hydrogens is 298 g/mol. The normalized spacial score (nSPS) is 11.5. The van der Waals surface area contributed by atoms with Crippen LogP contribution in [-0.4, -0.2) is 36.8 Å². The molecule has 0 aliphatic rings. The molecule has 1 aromatic carbocycles. The first-order valence-electron chi connectivity index (χ1n) is 6.59. The molecule has 2 N–H and O–H groups in total. The van der Waals surface area contributed by atoms with Gasteiger partial charge in [-0.25, -0.2) is 4.98 Å². The van der Waals surface area contributed by atoms with Crippen molar-refractivity contribution in [1.82, 2.24) is 20.2 Å². The first kappa shape index (κ1) is 14.3. The lowest BCUT2D eigenvalue weighted by atomic mass is 10.1. The van der Waals surface area contributed by atoms with Crippen LogP contribution >= 0.6 is 11.8 Å². The number of H-pyrrole nitrogens is 1. The molecule has 3 rings (SSSR count). The summed E-state index contributed by atoms with van der Waals surface area (Å²) in [5.74, 6) is 1.17. The second-order valence-electron chi connectivity index (χ2n) is 4.40. The fraction of sp³-hybridized carbons (Fsp3) is 0.0667. The van der Waals surface area contributed by atoms with E-state index in [1.807, 2.05) is 42.5 Å². The summed E-state index contributed by atoms with van der Waals surface area (Å²) in [6.45, 7) is 0. The molecule has 0 unspecified atom stereocenters. The Balaban J connectivity index is 1.68. The fourth-order valence-electron chi connectivity index (χ4n) is 1.88. The molecule has 2 heterocycles. The predicted octanol–water partition coefficient (Wildman–Crippen LogP) is 2.84. The zero-order valence-electron chi connectivity index (χ0n) is 11.5. The van der Waals surface area contributed by atoms with Gasteiger partial charge in [0.05, 0.1) is 5.71 Å². The third-order valence-corrected chi connectivity index (χ3v) is 3.84. The summed E-state index contributed by atoms with van der Waals surface area (Å²) in [5.41, 5.74) is 2.39. The Kier molecular flexibility index (Phi) is 4.45. The zero-order chi connectivity index (χ0) is 15.2. The highest BCUT2D eigenvalue weighted by Crippen LogP contribution is 2.19. The van der Waals surface area contributed by atoms with Gasteiger partial charge in [-0.15, -0.1) is 5.10 Å². The zero-order valence-corrected chi connectivity index (χ0v) is 12.4. The lowest BCUT2D eigenvalue weighted by Crippen LogP contribution is -2.04. The van der Waals surface area contributed by atoms with Crippen LogP contribution in [0.15, 0.2) is 65.2 Å². The summed E-state index contributed by atoms with van der Waals surface area (Å²) >= 11 is 1.40. The van der Waals surface area contributed by atoms with Crippen molar-refractivity contribution in [2.45, 2.75) is 5.16 Å². The molecule has 22 heavy (non-hydrogen) atoms. The van der Waals surface area contributed by atoms with Gasteiger partial charge in [0.15, 0.2) is 5.82 Å². The van der Waals surface area contributed by atoms with Crippen molar-refractivity contribution in [3.8, 4) is 11.4 Å². The van der Waals surface area contributed by atoms with E-state index in [1.165, 1.54) is 11.8 Å². The van der Waals surface area contributed by atoms with Gasteiger partial charge in [-0.3, -0.25) is 10.1 Å². The SMILES string of the molecule is O/N=C(/CSc1n[nH]c(-c2ccncc2)n1)c1ccccc1. The number of thioether (sulfide) groups is 1. The highest BCUT2D eigenvalue weighted by Gasteiger charge is 2.09. The first-order valence-corrected chi connectivity index (χ1v) is 7.57. The third kappa shape index (κ3) is 3.32. The Morgan fingerprint density at radius 3 is 2.64 bits per heavy atom. The summed E-state index contributed by atoms with van der Waals surface area (Å²) in [6.07, 6.45) is 3.41. The minimum absolute atomic E-state index is 0.480. The lowest BCUT2D eigenvalue weighted by molar-refractivity contribution is 0.319. The summed E-state index contributed by atoms with van der Waals surface area (Å²) in [6, 6.07) is 13.2. The van der Waals surface area contributed by atoms with Crippen LogP contribution < -0.4 is 0 Å². The molecule has 0 fully saturated rings. The molecule has 2 aromatic heterocycles. The van der Waals surface area contributed by atoms with Crippen LogP contribution in [0.5, 0.6) is 0 Å². The number of aromatic amines is 1. The van der Waals surface area contributed by atoms with Gasteiger partial charge in [0.2, 0.25) is 5.16 Å². The molecule has 0 bridgehead atoms. The van der Waals surface area contributed by atoms with Gasteiger partial charge in [-0.2, -0.15) is 0 Å². The van der Waals surface area contributed by atoms with Crippen molar-refractivity contribution in [1.29, 1.82) is 0 Å². The van der Waals surface area contributed by atoms with E-state index < -0.39 is 0 Å². The average molecular weight is 311 g/mol. The molecule has 0 aliphatic carbocycles. The van der Waals surface area contributed by atoms with Gasteiger partial charge in [0.1, 0.15) is 0 Å². The number of pyridine rings is 1. The van der Waals surface area contributed by atoms with E-state index in [0.717, 1.165) is 11.1 Å². The van der Waals surface area contributed by atoms with Crippen LogP contribution in [0.25, 0.3) is 11.4 Å². The van der Waals surface area contributed by atoms with Crippen LogP contribution in [-0.2, 0) is 0 Å². The van der Waals surface area contributed by atoms with Gasteiger partial charge in [-0.05, 0) is 12.1 Å². The molecule has 0 amide bonds. The molecule has 110 valence electrons. The number of oxime groups is 1. The highest BCUT2D eigenvalue weighted by molar-refractivity contribution is 7.99. The Morgan fingerprint density at radius 1 is 1.14 bits per heavy atom. The van der Waals surface area contributed by atoms with Crippen molar-refractivity contribution < 1.29 is 5.21 Å². The number of nitrogens with one attached hydrogen (secondary N) is 1. The maximum Gasteiger partial charge on any atom is 0.209 e. The molecule has 6 nitrogen and oxygen atoms in total. The number of aromatic nitrogens is 4. The highest BCUT2D eigenvalue weighted by atomic mass is 32.2. The van der Waals surface area contributed by atoms with E-state index in [4.69, 9.17) is 5.21 Å². The number of hydrogen-bond donors (Lipinski definition) is 2. The van der Waals surface area contributed by atoms with Crippen LogP contribution in [0, 0.1) is 0 Å². The average Bonchev–Trinajstić information content (AvgIpc) is 3.06. The van der Waals surface area contributed by atoms with E-state index >= 15 is 0 Å². The van der Waals surface area contributed by atoms with E-state index in [0.29, 0.717) is 22.4 Å². The fourth-order valence-corrected chi connectivity index (χ4v) is 2.64. The molecule has 7 heteroatoms. The Bertz CT molecular complexity index is 758. The molecule has 0 spiro atoms. The lowest BCUT2D eigenvalue weighted by Gasteiger charge is -2.02. The van der Waals surface area contributed by atoms with Crippen molar-refractivity contribution >= 4 is 17.5 Å². The smallest absolute Gasteiger partial charge is 0.209 e. The summed E-state index contributed by atoms with van der Waals surface area (Å²) in [7, 11) is 0. The molecule has 3 aromatic rings. The van der Waals surface area contributed by atoms with Gasteiger partial charge in [-0.1, -0.05) is 47.2 Å². The second kappa shape index (κ2) is 6.86. The topological polar surface area (TPSA) is 87.0 Å². The Morgan fingerprint density at radius 2 is 1.91 bits per heavy atom. The Hall–Kier alpha value is -2.67. The minimum atomic E-state index is 0.480. The molecule has 0 atom stereocenters. The summed E-state index contributed by atoms with van der Waals surface area (Å²) < 4.78 is 0. The van der Waals surface area contributed by atoms with Crippen molar-refractivity contribution in [3.63, 3.8) is 0 Å². The number of nitrogens with zero attached hydrogens (tertiary/aromatic N) is 4. The largest absolute Gasteiger partial charge is 0.411 e. The number of benzene rings is 1. The van der Waals surface area contributed by atoms with Gasteiger partial charge >= 0.3 is 0 Å². The summed E-state index contributed by atoms with van der Waals surface area (Å²) in [5, 5.41) is 20.2. The summed E-state index contributed by atoms with van der Waals surface area (Å²) in [4.78, 5) is 8.38. The van der Waals surface area contributed by atoms with E-state index in [1.54, 1.807) is 12.4 Å². The van der Waals surface area contributed by atoms with Crippen molar-refractivity contribution in [3.05, 3.63) is 60.4 Å². The third-order valence-electron chi connectivity index (χ3n) is 2.98. The van der Waals surface area contributed by atoms with Crippen LogP contribution in [0.3, 0.4) is 0 Å². The van der Waals surface area contributed by atoms with Crippen molar-refractivity contribution in [2.75, 3.05) is 5.75 Å². The minimum Gasteiger partial charge on any atom is -0.411 e. The quantitative estimate of drug-likeness (QED) is 0.327. The molecular formula is C15H13N5OS. The molecule has 0 radical (unpaired) electrons. The second-order valence-corrected chi connectivity index (χ2v) is 5.35. The monoisotopic (exact) mass is 311 g/mol. The maximum absolute atomic E-state index is 9.16. The van der Waals surface area contributed by atoms with Gasteiger partial charge < -0.3 is 5.21 Å². The molecule has 0 saturated heterocycles. The van der Waals surface area contributed by atoms with Gasteiger partial charge in [0, 0.05) is 29.3 Å². The predicted molar refractivity (Wildman–Crippen MR) is 85.1 cm³/mol. The number of rotatable bonds is 5. The molecule has 0 aliphatic heterocycles. The van der Waals surface area contributed by atoms with Crippen LogP contribution in [0.4, 0.5) is 0 Å². The standard InChI is InChI=1S/C15H13N5OS/c21-20-13(11-4-2-1-3-5-11)10-22-15-17-14(18-19-15)12-6-8-16-9-7-12/h1-9,21H,10H2,(H,17,18,19)/b20-13-. The van der Waals surface area contributed by atoms with Crippen LogP contribution in [0.2, 0.25) is 0 Å². The molecule has 0 saturated carbocycles. The first-order chi connectivity index (χ1) is 10.9. The van der Waals surface area contributed by atoms with Crippen LogP contribution in [0.1, 0.15) is 5.56 Å². The van der Waals surface area contributed by atoms with E-state index in [2.05, 4.69) is 25.3 Å². The van der Waals surface area contributed by atoms with E-state index in [9.17, 15) is 0 Å². The number of hydrogen-bond acceptors (Lipinski definition) is 6. The maximum atomic E-state index is 9.16. The van der Waals surface area contributed by atoms with Gasteiger partial charge in [0.25, 0.3) is 0 Å². The van der Waals surface area contributed by atoms with Crippen molar-refractivity contribution in [2.24, 2.45) is 5.16 Å². The van der Waals surface area contributed by atoms with E-state index in [-0.39, 0.29) is 0 Å².